The Balaban J connectivity index is 1.54. The predicted molar refractivity (Wildman–Crippen MR) is 113 cm³/mol. The molecule has 0 unspecified atom stereocenters. The van der Waals surface area contributed by atoms with E-state index in [0.29, 0.717) is 28.6 Å². The summed E-state index contributed by atoms with van der Waals surface area (Å²) < 4.78 is 34.3. The maximum atomic E-state index is 12.8. The standard InChI is InChI=1S/C20H18BrN3O4S/c1-12-2-7-16(22-20(25)17-11-18(28-23-17)13-3-4-13)10-19(12)29(26,27)24-15-8-5-14(21)6-9-15/h2,5-11,13,24H,3-4H2,1H3,(H,22,25). The first-order valence-electron chi connectivity index (χ1n) is 8.99. The lowest BCUT2D eigenvalue weighted by Crippen LogP contribution is -2.16. The van der Waals surface area contributed by atoms with Crippen molar-refractivity contribution >= 4 is 43.2 Å². The molecular formula is C20H18BrN3O4S. The van der Waals surface area contributed by atoms with Crippen LogP contribution >= 0.6 is 15.9 Å². The van der Waals surface area contributed by atoms with Crippen molar-refractivity contribution in [2.45, 2.75) is 30.6 Å². The summed E-state index contributed by atoms with van der Waals surface area (Å²) in [5.74, 6) is 0.611. The molecule has 2 aromatic carbocycles. The van der Waals surface area contributed by atoms with Gasteiger partial charge in [0.25, 0.3) is 15.9 Å². The van der Waals surface area contributed by atoms with Crippen molar-refractivity contribution in [3.63, 3.8) is 0 Å². The number of hydrogen-bond acceptors (Lipinski definition) is 5. The van der Waals surface area contributed by atoms with Gasteiger partial charge in [-0.25, -0.2) is 8.42 Å². The second kappa shape index (κ2) is 7.64. The molecule has 1 fully saturated rings. The van der Waals surface area contributed by atoms with Crippen molar-refractivity contribution in [1.29, 1.82) is 0 Å². The minimum atomic E-state index is -3.83. The van der Waals surface area contributed by atoms with Gasteiger partial charge in [0.05, 0.1) is 4.90 Å². The molecule has 4 rings (SSSR count). The highest BCUT2D eigenvalue weighted by molar-refractivity contribution is 9.10. The zero-order valence-corrected chi connectivity index (χ0v) is 17.9. The topological polar surface area (TPSA) is 101 Å². The van der Waals surface area contributed by atoms with Gasteiger partial charge in [-0.3, -0.25) is 9.52 Å². The summed E-state index contributed by atoms with van der Waals surface area (Å²) in [4.78, 5) is 12.5. The number of carbonyl (C=O) groups is 1. The van der Waals surface area contributed by atoms with E-state index in [1.54, 1.807) is 49.4 Å². The van der Waals surface area contributed by atoms with Gasteiger partial charge in [-0.2, -0.15) is 0 Å². The van der Waals surface area contributed by atoms with Crippen molar-refractivity contribution in [2.75, 3.05) is 10.0 Å². The van der Waals surface area contributed by atoms with Crippen molar-refractivity contribution < 1.29 is 17.7 Å². The van der Waals surface area contributed by atoms with E-state index in [-0.39, 0.29) is 10.6 Å². The second-order valence-corrected chi connectivity index (χ2v) is 9.50. The van der Waals surface area contributed by atoms with Crippen LogP contribution in [0.5, 0.6) is 0 Å². The van der Waals surface area contributed by atoms with Gasteiger partial charge in [-0.15, -0.1) is 0 Å². The molecule has 0 radical (unpaired) electrons. The van der Waals surface area contributed by atoms with Gasteiger partial charge in [0.2, 0.25) is 0 Å². The third-order valence-corrected chi connectivity index (χ3v) is 6.62. The number of halogens is 1. The Morgan fingerprint density at radius 3 is 2.48 bits per heavy atom. The fourth-order valence-corrected chi connectivity index (χ4v) is 4.44. The number of amides is 1. The Labute approximate surface area is 176 Å². The van der Waals surface area contributed by atoms with Crippen LogP contribution < -0.4 is 10.0 Å². The number of sulfonamides is 1. The van der Waals surface area contributed by atoms with Crippen LogP contribution in [0.15, 0.2) is 62.4 Å². The summed E-state index contributed by atoms with van der Waals surface area (Å²) in [6, 6.07) is 13.2. The summed E-state index contributed by atoms with van der Waals surface area (Å²) in [5.41, 5.74) is 1.53. The van der Waals surface area contributed by atoms with Crippen molar-refractivity contribution in [2.24, 2.45) is 0 Å². The molecule has 150 valence electrons. The lowest BCUT2D eigenvalue weighted by molar-refractivity contribution is 0.101. The van der Waals surface area contributed by atoms with Crippen LogP contribution in [0.25, 0.3) is 0 Å². The molecule has 1 amide bonds. The van der Waals surface area contributed by atoms with Gasteiger partial charge in [0.1, 0.15) is 5.76 Å². The SMILES string of the molecule is Cc1ccc(NC(=O)c2cc(C3CC3)on2)cc1S(=O)(=O)Nc1ccc(Br)cc1. The normalized spacial score (nSPS) is 13.9. The Morgan fingerprint density at radius 1 is 1.10 bits per heavy atom. The fraction of sp³-hybridized carbons (Fsp3) is 0.200. The summed E-state index contributed by atoms with van der Waals surface area (Å²) >= 11 is 3.32. The first-order chi connectivity index (χ1) is 13.8. The van der Waals surface area contributed by atoms with Crippen LogP contribution in [-0.4, -0.2) is 19.5 Å². The van der Waals surface area contributed by atoms with Crippen molar-refractivity contribution in [3.8, 4) is 0 Å². The van der Waals surface area contributed by atoms with Gasteiger partial charge < -0.3 is 9.84 Å². The minimum Gasteiger partial charge on any atom is -0.360 e. The number of benzene rings is 2. The molecule has 1 aromatic heterocycles. The maximum absolute atomic E-state index is 12.8. The smallest absolute Gasteiger partial charge is 0.277 e. The van der Waals surface area contributed by atoms with Crippen LogP contribution in [0.3, 0.4) is 0 Å². The molecule has 0 atom stereocenters. The number of aryl methyl sites for hydroxylation is 1. The average Bonchev–Trinajstić information content (AvgIpc) is 3.41. The molecule has 1 aliphatic carbocycles. The molecule has 1 aliphatic rings. The highest BCUT2D eigenvalue weighted by atomic mass is 79.9. The molecule has 9 heteroatoms. The lowest BCUT2D eigenvalue weighted by atomic mass is 10.2. The van der Waals surface area contributed by atoms with E-state index < -0.39 is 15.9 Å². The van der Waals surface area contributed by atoms with E-state index in [2.05, 4.69) is 31.1 Å². The highest BCUT2D eigenvalue weighted by Crippen LogP contribution is 2.40. The summed E-state index contributed by atoms with van der Waals surface area (Å²) in [6.07, 6.45) is 2.08. The van der Waals surface area contributed by atoms with Crippen LogP contribution in [0.1, 0.15) is 40.6 Å². The van der Waals surface area contributed by atoms with Gasteiger partial charge in [-0.05, 0) is 61.7 Å². The molecule has 3 aromatic rings. The fourth-order valence-electron chi connectivity index (χ4n) is 2.85. The molecule has 7 nitrogen and oxygen atoms in total. The van der Waals surface area contributed by atoms with Crippen molar-refractivity contribution in [3.05, 3.63) is 70.0 Å². The first-order valence-corrected chi connectivity index (χ1v) is 11.3. The first kappa shape index (κ1) is 19.7. The van der Waals surface area contributed by atoms with Crippen LogP contribution in [-0.2, 0) is 10.0 Å². The third kappa shape index (κ3) is 4.51. The largest absolute Gasteiger partial charge is 0.360 e. The summed E-state index contributed by atoms with van der Waals surface area (Å²) in [5, 5.41) is 6.49. The quantitative estimate of drug-likeness (QED) is 0.538. The Kier molecular flexibility index (Phi) is 5.18. The summed E-state index contributed by atoms with van der Waals surface area (Å²) in [6.45, 7) is 1.70. The molecule has 2 N–H and O–H groups in total. The number of nitrogens with one attached hydrogen (secondary N) is 2. The van der Waals surface area contributed by atoms with E-state index in [9.17, 15) is 13.2 Å². The maximum Gasteiger partial charge on any atom is 0.277 e. The van der Waals surface area contributed by atoms with Gasteiger partial charge in [-0.1, -0.05) is 27.2 Å². The van der Waals surface area contributed by atoms with Gasteiger partial charge in [0, 0.05) is 27.8 Å². The Hall–Kier alpha value is -2.65. The number of hydrogen-bond donors (Lipinski definition) is 2. The van der Waals surface area contributed by atoms with E-state index >= 15 is 0 Å². The molecule has 0 bridgehead atoms. The highest BCUT2D eigenvalue weighted by Gasteiger charge is 2.29. The van der Waals surface area contributed by atoms with E-state index in [0.717, 1.165) is 17.3 Å². The Morgan fingerprint density at radius 2 is 1.79 bits per heavy atom. The molecular weight excluding hydrogens is 458 g/mol. The molecule has 1 saturated carbocycles. The lowest BCUT2D eigenvalue weighted by Gasteiger charge is -2.12. The van der Waals surface area contributed by atoms with E-state index in [4.69, 9.17) is 4.52 Å². The van der Waals surface area contributed by atoms with E-state index in [1.165, 1.54) is 6.07 Å². The number of carbonyl (C=O) groups excluding carboxylic acids is 1. The summed E-state index contributed by atoms with van der Waals surface area (Å²) in [7, 11) is -3.83. The van der Waals surface area contributed by atoms with Gasteiger partial charge >= 0.3 is 0 Å². The number of nitrogens with zero attached hydrogens (tertiary/aromatic N) is 1. The third-order valence-electron chi connectivity index (χ3n) is 4.57. The molecule has 29 heavy (non-hydrogen) atoms. The Bertz CT molecular complexity index is 1170. The average molecular weight is 476 g/mol. The number of aromatic nitrogens is 1. The van der Waals surface area contributed by atoms with E-state index in [1.807, 2.05) is 0 Å². The van der Waals surface area contributed by atoms with Crippen LogP contribution in [0, 0.1) is 6.92 Å². The zero-order valence-electron chi connectivity index (χ0n) is 15.5. The zero-order chi connectivity index (χ0) is 20.6. The molecule has 0 saturated heterocycles. The van der Waals surface area contributed by atoms with Crippen LogP contribution in [0.4, 0.5) is 11.4 Å². The number of rotatable bonds is 6. The van der Waals surface area contributed by atoms with Gasteiger partial charge in [0.15, 0.2) is 5.69 Å². The minimum absolute atomic E-state index is 0.0806. The van der Waals surface area contributed by atoms with Crippen LogP contribution in [0.2, 0.25) is 0 Å². The predicted octanol–water partition coefficient (Wildman–Crippen LogP) is 4.68. The second-order valence-electron chi connectivity index (χ2n) is 6.94. The molecule has 1 heterocycles. The number of anilines is 2. The molecule has 0 aliphatic heterocycles. The molecule has 0 spiro atoms. The monoisotopic (exact) mass is 475 g/mol. The van der Waals surface area contributed by atoms with Crippen molar-refractivity contribution in [1.82, 2.24) is 5.16 Å².